The SMILES string of the molecule is CC(NCC1(O)CCSC1)c1cccnc1Cl. The van der Waals surface area contributed by atoms with Crippen molar-refractivity contribution < 1.29 is 5.11 Å². The van der Waals surface area contributed by atoms with Crippen LogP contribution in [0.4, 0.5) is 0 Å². The van der Waals surface area contributed by atoms with Gasteiger partial charge in [-0.05, 0) is 25.2 Å². The number of nitrogens with one attached hydrogen (secondary N) is 1. The van der Waals surface area contributed by atoms with E-state index < -0.39 is 5.60 Å². The van der Waals surface area contributed by atoms with Crippen molar-refractivity contribution in [3.05, 3.63) is 29.0 Å². The zero-order chi connectivity index (χ0) is 12.3. The van der Waals surface area contributed by atoms with E-state index in [1.165, 1.54) is 0 Å². The second-order valence-electron chi connectivity index (χ2n) is 4.51. The molecule has 2 heterocycles. The Labute approximate surface area is 111 Å². The van der Waals surface area contributed by atoms with Crippen LogP contribution in [0.15, 0.2) is 18.3 Å². The Morgan fingerprint density at radius 2 is 2.53 bits per heavy atom. The average molecular weight is 273 g/mol. The smallest absolute Gasteiger partial charge is 0.133 e. The van der Waals surface area contributed by atoms with Gasteiger partial charge in [0, 0.05) is 30.1 Å². The van der Waals surface area contributed by atoms with Gasteiger partial charge in [0.2, 0.25) is 0 Å². The molecule has 1 aliphatic heterocycles. The predicted octanol–water partition coefficient (Wildman–Crippen LogP) is 2.25. The van der Waals surface area contributed by atoms with Crippen molar-refractivity contribution in [3.8, 4) is 0 Å². The van der Waals surface area contributed by atoms with E-state index >= 15 is 0 Å². The summed E-state index contributed by atoms with van der Waals surface area (Å²) in [6, 6.07) is 3.94. The van der Waals surface area contributed by atoms with Gasteiger partial charge in [0.05, 0.1) is 5.60 Å². The summed E-state index contributed by atoms with van der Waals surface area (Å²) in [6.45, 7) is 2.64. The molecule has 0 saturated carbocycles. The largest absolute Gasteiger partial charge is 0.388 e. The van der Waals surface area contributed by atoms with E-state index in [0.717, 1.165) is 23.5 Å². The van der Waals surface area contributed by atoms with E-state index in [9.17, 15) is 5.11 Å². The standard InChI is InChI=1S/C12H17ClN2OS/c1-9(10-3-2-5-14-11(10)13)15-7-12(16)4-6-17-8-12/h2-3,5,9,15-16H,4,6-8H2,1H3. The molecule has 0 radical (unpaired) electrons. The van der Waals surface area contributed by atoms with Crippen LogP contribution in [-0.2, 0) is 0 Å². The molecule has 0 bridgehead atoms. The molecule has 1 aromatic rings. The van der Waals surface area contributed by atoms with Crippen molar-refractivity contribution >= 4 is 23.4 Å². The van der Waals surface area contributed by atoms with E-state index in [-0.39, 0.29) is 6.04 Å². The summed E-state index contributed by atoms with van der Waals surface area (Å²) in [6.07, 6.45) is 2.54. The van der Waals surface area contributed by atoms with Crippen LogP contribution in [0.5, 0.6) is 0 Å². The maximum atomic E-state index is 10.2. The average Bonchev–Trinajstić information content (AvgIpc) is 2.74. The molecule has 0 amide bonds. The van der Waals surface area contributed by atoms with Crippen LogP contribution in [0.2, 0.25) is 5.15 Å². The Morgan fingerprint density at radius 1 is 1.71 bits per heavy atom. The van der Waals surface area contributed by atoms with E-state index in [1.807, 2.05) is 19.1 Å². The Morgan fingerprint density at radius 3 is 3.18 bits per heavy atom. The number of pyridine rings is 1. The van der Waals surface area contributed by atoms with Gasteiger partial charge in [-0.2, -0.15) is 11.8 Å². The van der Waals surface area contributed by atoms with Crippen molar-refractivity contribution in [3.63, 3.8) is 0 Å². The summed E-state index contributed by atoms with van der Waals surface area (Å²) >= 11 is 7.83. The van der Waals surface area contributed by atoms with Gasteiger partial charge in [-0.15, -0.1) is 0 Å². The van der Waals surface area contributed by atoms with E-state index in [0.29, 0.717) is 11.7 Å². The molecule has 0 aliphatic carbocycles. The number of halogens is 1. The lowest BCUT2D eigenvalue weighted by atomic mass is 10.0. The Kier molecular flexibility index (Phi) is 4.31. The maximum Gasteiger partial charge on any atom is 0.133 e. The zero-order valence-corrected chi connectivity index (χ0v) is 11.4. The highest BCUT2D eigenvalue weighted by Crippen LogP contribution is 2.28. The summed E-state index contributed by atoms with van der Waals surface area (Å²) < 4.78 is 0. The number of aromatic nitrogens is 1. The van der Waals surface area contributed by atoms with E-state index in [4.69, 9.17) is 11.6 Å². The predicted molar refractivity (Wildman–Crippen MR) is 72.6 cm³/mol. The van der Waals surface area contributed by atoms with Crippen LogP contribution in [0.25, 0.3) is 0 Å². The molecule has 1 aromatic heterocycles. The quantitative estimate of drug-likeness (QED) is 0.826. The first-order valence-corrected chi connectivity index (χ1v) is 7.28. The molecule has 2 unspecified atom stereocenters. The third-order valence-electron chi connectivity index (χ3n) is 3.07. The highest BCUT2D eigenvalue weighted by molar-refractivity contribution is 7.99. The molecule has 5 heteroatoms. The molecule has 2 rings (SSSR count). The van der Waals surface area contributed by atoms with Crippen LogP contribution in [0.1, 0.15) is 24.9 Å². The van der Waals surface area contributed by atoms with Crippen molar-refractivity contribution in [2.75, 3.05) is 18.1 Å². The van der Waals surface area contributed by atoms with E-state index in [2.05, 4.69) is 10.3 Å². The minimum Gasteiger partial charge on any atom is -0.388 e. The zero-order valence-electron chi connectivity index (χ0n) is 9.82. The first-order valence-electron chi connectivity index (χ1n) is 5.75. The highest BCUT2D eigenvalue weighted by Gasteiger charge is 2.31. The second-order valence-corrected chi connectivity index (χ2v) is 5.98. The minimum atomic E-state index is -0.562. The lowest BCUT2D eigenvalue weighted by Gasteiger charge is -2.24. The third kappa shape index (κ3) is 3.35. The van der Waals surface area contributed by atoms with Crippen LogP contribution in [-0.4, -0.2) is 33.7 Å². The Hall–Kier alpha value is -0.290. The number of rotatable bonds is 4. The first-order chi connectivity index (χ1) is 8.11. The molecular formula is C12H17ClN2OS. The molecule has 94 valence electrons. The fraction of sp³-hybridized carbons (Fsp3) is 0.583. The molecule has 2 atom stereocenters. The van der Waals surface area contributed by atoms with Gasteiger partial charge in [0.15, 0.2) is 0 Å². The molecule has 1 saturated heterocycles. The lowest BCUT2D eigenvalue weighted by molar-refractivity contribution is 0.0651. The fourth-order valence-corrected chi connectivity index (χ4v) is 3.49. The number of hydrogen-bond acceptors (Lipinski definition) is 4. The van der Waals surface area contributed by atoms with Gasteiger partial charge in [-0.25, -0.2) is 4.98 Å². The summed E-state index contributed by atoms with van der Waals surface area (Å²) in [5.41, 5.74) is 0.413. The fourth-order valence-electron chi connectivity index (χ4n) is 1.91. The number of nitrogens with zero attached hydrogens (tertiary/aromatic N) is 1. The molecule has 17 heavy (non-hydrogen) atoms. The lowest BCUT2D eigenvalue weighted by Crippen LogP contribution is -2.41. The highest BCUT2D eigenvalue weighted by atomic mass is 35.5. The van der Waals surface area contributed by atoms with Gasteiger partial charge in [0.25, 0.3) is 0 Å². The van der Waals surface area contributed by atoms with Gasteiger partial charge >= 0.3 is 0 Å². The van der Waals surface area contributed by atoms with Crippen molar-refractivity contribution in [2.45, 2.75) is 25.0 Å². The summed E-state index contributed by atoms with van der Waals surface area (Å²) in [5.74, 6) is 1.85. The van der Waals surface area contributed by atoms with E-state index in [1.54, 1.807) is 18.0 Å². The normalized spacial score (nSPS) is 26.1. The third-order valence-corrected chi connectivity index (χ3v) is 4.62. The molecular weight excluding hydrogens is 256 g/mol. The Balaban J connectivity index is 1.93. The van der Waals surface area contributed by atoms with Crippen LogP contribution >= 0.6 is 23.4 Å². The number of thioether (sulfide) groups is 1. The monoisotopic (exact) mass is 272 g/mol. The van der Waals surface area contributed by atoms with Crippen LogP contribution in [0.3, 0.4) is 0 Å². The summed E-state index contributed by atoms with van der Waals surface area (Å²) in [5, 5.41) is 14.1. The molecule has 1 fully saturated rings. The topological polar surface area (TPSA) is 45.1 Å². The van der Waals surface area contributed by atoms with Gasteiger partial charge < -0.3 is 10.4 Å². The Bertz CT molecular complexity index is 383. The van der Waals surface area contributed by atoms with Crippen molar-refractivity contribution in [1.82, 2.24) is 10.3 Å². The van der Waals surface area contributed by atoms with Crippen LogP contribution in [0, 0.1) is 0 Å². The second kappa shape index (κ2) is 5.57. The van der Waals surface area contributed by atoms with Gasteiger partial charge in [0.1, 0.15) is 5.15 Å². The van der Waals surface area contributed by atoms with Crippen LogP contribution < -0.4 is 5.32 Å². The maximum absolute atomic E-state index is 10.2. The summed E-state index contributed by atoms with van der Waals surface area (Å²) in [4.78, 5) is 4.06. The molecule has 1 aliphatic rings. The van der Waals surface area contributed by atoms with Gasteiger partial charge in [-0.1, -0.05) is 17.7 Å². The number of aliphatic hydroxyl groups is 1. The first kappa shape index (κ1) is 13.1. The minimum absolute atomic E-state index is 0.103. The van der Waals surface area contributed by atoms with Gasteiger partial charge in [-0.3, -0.25) is 0 Å². The van der Waals surface area contributed by atoms with Crippen molar-refractivity contribution in [2.24, 2.45) is 0 Å². The number of hydrogen-bond donors (Lipinski definition) is 2. The molecule has 0 spiro atoms. The molecule has 2 N–H and O–H groups in total. The van der Waals surface area contributed by atoms with Crippen molar-refractivity contribution in [1.29, 1.82) is 0 Å². The molecule has 3 nitrogen and oxygen atoms in total. The summed E-state index contributed by atoms with van der Waals surface area (Å²) in [7, 11) is 0. The molecule has 0 aromatic carbocycles.